The molecule has 11 heteroatoms. The average Bonchev–Trinajstić information content (AvgIpc) is 3.49. The van der Waals surface area contributed by atoms with E-state index in [0.717, 1.165) is 40.7 Å². The summed E-state index contributed by atoms with van der Waals surface area (Å²) in [7, 11) is 0.588. The lowest BCUT2D eigenvalue weighted by Crippen LogP contribution is -2.61. The summed E-state index contributed by atoms with van der Waals surface area (Å²) in [5.41, 5.74) is 10.2. The van der Waals surface area contributed by atoms with Crippen molar-refractivity contribution >= 4 is 28.2 Å². The standard InChI is InChI=1S/C19H25N7O2S2/c1-28-6-7-30(27)19-17-16-11(13-2-3-22-26(13)24-17)8-12(23-18(16)29-19)14-9-21-15-10-20-4-5-25(14)15/h4-5,9-13,16,18,22-24H,2-3,6-8H2,1H3. The van der Waals surface area contributed by atoms with Gasteiger partial charge in [0.15, 0.2) is 5.65 Å². The highest BCUT2D eigenvalue weighted by Crippen LogP contribution is 2.54. The van der Waals surface area contributed by atoms with E-state index in [2.05, 4.69) is 35.7 Å². The maximum absolute atomic E-state index is 13.0. The predicted molar refractivity (Wildman–Crippen MR) is 115 cm³/mol. The molecule has 2 aromatic rings. The van der Waals surface area contributed by atoms with Crippen LogP contribution in [0.25, 0.3) is 5.65 Å². The largest absolute Gasteiger partial charge is 0.384 e. The summed E-state index contributed by atoms with van der Waals surface area (Å²) in [5.74, 6) is 1.34. The topological polar surface area (TPSA) is 95.8 Å². The Balaban J connectivity index is 1.36. The number of fused-ring (bicyclic) bond motifs is 3. The summed E-state index contributed by atoms with van der Waals surface area (Å²) in [4.78, 5) is 8.74. The summed E-state index contributed by atoms with van der Waals surface area (Å²) in [6.07, 6.45) is 9.68. The normalized spacial score (nSPS) is 34.1. The molecular formula is C19H25N7O2S2. The number of nitrogens with one attached hydrogen (secondary N) is 3. The van der Waals surface area contributed by atoms with Gasteiger partial charge in [-0.2, -0.15) is 5.12 Å². The van der Waals surface area contributed by atoms with Gasteiger partial charge in [-0.15, -0.1) is 0 Å². The van der Waals surface area contributed by atoms with Gasteiger partial charge in [0.2, 0.25) is 0 Å². The number of thioether (sulfide) groups is 1. The Hall–Kier alpha value is -1.50. The highest BCUT2D eigenvalue weighted by molar-refractivity contribution is 8.17. The van der Waals surface area contributed by atoms with Crippen LogP contribution < -0.4 is 16.2 Å². The van der Waals surface area contributed by atoms with Crippen LogP contribution in [0.1, 0.15) is 24.6 Å². The summed E-state index contributed by atoms with van der Waals surface area (Å²) in [6, 6.07) is 0.619. The Kier molecular flexibility index (Phi) is 4.85. The van der Waals surface area contributed by atoms with Gasteiger partial charge in [0.05, 0.1) is 62.6 Å². The molecule has 4 aliphatic heterocycles. The second-order valence-corrected chi connectivity index (χ2v) is 11.1. The van der Waals surface area contributed by atoms with Crippen LogP contribution in [-0.2, 0) is 15.5 Å². The van der Waals surface area contributed by atoms with Crippen LogP contribution in [-0.4, -0.2) is 61.1 Å². The highest BCUT2D eigenvalue weighted by Gasteiger charge is 2.54. The number of piperidine rings is 1. The number of rotatable bonds is 5. The van der Waals surface area contributed by atoms with Crippen molar-refractivity contribution in [3.05, 3.63) is 40.4 Å². The molecule has 6 rings (SSSR count). The lowest BCUT2D eigenvalue weighted by atomic mass is 9.74. The Morgan fingerprint density at radius 3 is 3.23 bits per heavy atom. The molecule has 0 aromatic carbocycles. The molecule has 6 heterocycles. The van der Waals surface area contributed by atoms with E-state index in [1.165, 1.54) is 0 Å². The van der Waals surface area contributed by atoms with Crippen LogP contribution in [0.5, 0.6) is 0 Å². The van der Waals surface area contributed by atoms with E-state index in [4.69, 9.17) is 4.74 Å². The maximum Gasteiger partial charge on any atom is 0.155 e. The zero-order chi connectivity index (χ0) is 20.2. The first-order valence-corrected chi connectivity index (χ1v) is 12.5. The quantitative estimate of drug-likeness (QED) is 0.613. The average molecular weight is 448 g/mol. The van der Waals surface area contributed by atoms with Crippen LogP contribution in [0.3, 0.4) is 0 Å². The predicted octanol–water partition coefficient (Wildman–Crippen LogP) is 0.730. The number of imidazole rings is 1. The Morgan fingerprint density at radius 2 is 2.33 bits per heavy atom. The third kappa shape index (κ3) is 2.94. The van der Waals surface area contributed by atoms with Gasteiger partial charge < -0.3 is 10.2 Å². The van der Waals surface area contributed by atoms with Crippen LogP contribution in [0.2, 0.25) is 0 Å². The number of aromatic nitrogens is 3. The molecular weight excluding hydrogens is 422 g/mol. The first kappa shape index (κ1) is 19.2. The molecule has 0 amide bonds. The van der Waals surface area contributed by atoms with Crippen molar-refractivity contribution in [3.63, 3.8) is 0 Å². The monoisotopic (exact) mass is 447 g/mol. The lowest BCUT2D eigenvalue weighted by molar-refractivity contribution is 0.00519. The number of hydrogen-bond donors (Lipinski definition) is 3. The molecule has 0 bridgehead atoms. The lowest BCUT2D eigenvalue weighted by Gasteiger charge is -2.48. The SMILES string of the molecule is COCCS(=O)C1=C2NN3NCCC3C3CC(c4cnc5cnccn45)NC(S1)C23. The number of hydrazine groups is 2. The molecule has 0 radical (unpaired) electrons. The van der Waals surface area contributed by atoms with E-state index in [1.54, 1.807) is 31.3 Å². The first-order valence-electron chi connectivity index (χ1n) is 10.3. The van der Waals surface area contributed by atoms with Gasteiger partial charge >= 0.3 is 0 Å². The Morgan fingerprint density at radius 1 is 1.40 bits per heavy atom. The van der Waals surface area contributed by atoms with Crippen LogP contribution in [0, 0.1) is 11.8 Å². The van der Waals surface area contributed by atoms with E-state index in [1.807, 2.05) is 12.4 Å². The molecule has 6 atom stereocenters. The van der Waals surface area contributed by atoms with E-state index in [9.17, 15) is 4.21 Å². The second-order valence-electron chi connectivity index (χ2n) is 8.16. The summed E-state index contributed by atoms with van der Waals surface area (Å²) in [5, 5.41) is 6.22. The summed E-state index contributed by atoms with van der Waals surface area (Å²) in [6.45, 7) is 1.46. The molecule has 160 valence electrons. The van der Waals surface area contributed by atoms with Gasteiger partial charge in [-0.1, -0.05) is 11.8 Å². The fourth-order valence-corrected chi connectivity index (χ4v) is 8.49. The van der Waals surface area contributed by atoms with Crippen molar-refractivity contribution in [3.8, 4) is 0 Å². The highest BCUT2D eigenvalue weighted by atomic mass is 32.2. The van der Waals surface area contributed by atoms with Gasteiger partial charge in [0.25, 0.3) is 0 Å². The zero-order valence-corrected chi connectivity index (χ0v) is 18.3. The number of ether oxygens (including phenoxy) is 1. The fraction of sp³-hybridized carbons (Fsp3) is 0.579. The molecule has 0 saturated carbocycles. The second kappa shape index (κ2) is 7.57. The number of methoxy groups -OCH3 is 1. The summed E-state index contributed by atoms with van der Waals surface area (Å²) >= 11 is 1.73. The minimum atomic E-state index is -1.07. The Bertz CT molecular complexity index is 1030. The first-order chi connectivity index (χ1) is 14.7. The molecule has 2 aromatic heterocycles. The Labute approximate surface area is 181 Å². The third-order valence-electron chi connectivity index (χ3n) is 6.62. The van der Waals surface area contributed by atoms with Gasteiger partial charge in [-0.3, -0.25) is 18.9 Å². The number of hydrogen-bond acceptors (Lipinski definition) is 9. The van der Waals surface area contributed by atoms with E-state index < -0.39 is 10.8 Å². The van der Waals surface area contributed by atoms with Crippen molar-refractivity contribution < 1.29 is 8.95 Å². The van der Waals surface area contributed by atoms with Gasteiger partial charge in [0, 0.05) is 38.0 Å². The van der Waals surface area contributed by atoms with Crippen LogP contribution in [0.15, 0.2) is 34.7 Å². The molecule has 6 unspecified atom stereocenters. The van der Waals surface area contributed by atoms with Crippen molar-refractivity contribution in [2.24, 2.45) is 11.8 Å². The van der Waals surface area contributed by atoms with Crippen molar-refractivity contribution in [2.75, 3.05) is 26.0 Å². The minimum Gasteiger partial charge on any atom is -0.384 e. The van der Waals surface area contributed by atoms with E-state index >= 15 is 0 Å². The molecule has 9 nitrogen and oxygen atoms in total. The molecule has 0 spiro atoms. The maximum atomic E-state index is 13.0. The zero-order valence-electron chi connectivity index (χ0n) is 16.7. The van der Waals surface area contributed by atoms with Gasteiger partial charge in [0.1, 0.15) is 0 Å². The fourth-order valence-electron chi connectivity index (χ4n) is 5.31. The smallest absolute Gasteiger partial charge is 0.155 e. The molecule has 4 aliphatic rings. The van der Waals surface area contributed by atoms with Crippen molar-refractivity contribution in [2.45, 2.75) is 30.3 Å². The van der Waals surface area contributed by atoms with Gasteiger partial charge in [-0.25, -0.2) is 10.4 Å². The number of nitrogens with zero attached hydrogens (tertiary/aromatic N) is 4. The molecule has 3 fully saturated rings. The van der Waals surface area contributed by atoms with E-state index in [-0.39, 0.29) is 11.4 Å². The van der Waals surface area contributed by atoms with Crippen molar-refractivity contribution in [1.82, 2.24) is 35.7 Å². The molecule has 3 saturated heterocycles. The third-order valence-corrected chi connectivity index (χ3v) is 9.75. The minimum absolute atomic E-state index is 0.190. The molecule has 30 heavy (non-hydrogen) atoms. The van der Waals surface area contributed by atoms with Gasteiger partial charge in [-0.05, 0) is 18.8 Å². The van der Waals surface area contributed by atoms with E-state index in [0.29, 0.717) is 30.2 Å². The van der Waals surface area contributed by atoms with Crippen molar-refractivity contribution in [1.29, 1.82) is 0 Å². The molecule has 3 N–H and O–H groups in total. The summed E-state index contributed by atoms with van der Waals surface area (Å²) < 4.78 is 21.3. The van der Waals surface area contributed by atoms with Crippen LogP contribution in [0.4, 0.5) is 0 Å². The van der Waals surface area contributed by atoms with Crippen LogP contribution >= 0.6 is 11.8 Å². The molecule has 0 aliphatic carbocycles.